The van der Waals surface area contributed by atoms with Gasteiger partial charge in [-0.2, -0.15) is 0 Å². The van der Waals surface area contributed by atoms with Gasteiger partial charge in [-0.3, -0.25) is 0 Å². The summed E-state index contributed by atoms with van der Waals surface area (Å²) < 4.78 is 0. The number of aliphatic hydroxyl groups is 2. The number of hydrogen-bond acceptors (Lipinski definition) is 3. The van der Waals surface area contributed by atoms with Crippen molar-refractivity contribution < 1.29 is 10.2 Å². The van der Waals surface area contributed by atoms with E-state index in [4.69, 9.17) is 0 Å². The SMILES string of the molecule is CCC(C)(CO)CNc1ccccc1CO. The van der Waals surface area contributed by atoms with Gasteiger partial charge in [-0.15, -0.1) is 0 Å². The van der Waals surface area contributed by atoms with E-state index in [1.807, 2.05) is 31.2 Å². The Hall–Kier alpha value is -1.06. The highest BCUT2D eigenvalue weighted by molar-refractivity contribution is 5.50. The van der Waals surface area contributed by atoms with Gasteiger partial charge in [0.1, 0.15) is 0 Å². The largest absolute Gasteiger partial charge is 0.396 e. The Morgan fingerprint density at radius 2 is 1.94 bits per heavy atom. The van der Waals surface area contributed by atoms with Gasteiger partial charge in [0.25, 0.3) is 0 Å². The molecule has 0 aromatic heterocycles. The number of nitrogens with one attached hydrogen (secondary N) is 1. The second kappa shape index (κ2) is 5.87. The summed E-state index contributed by atoms with van der Waals surface area (Å²) in [5.41, 5.74) is 1.72. The van der Waals surface area contributed by atoms with Crippen LogP contribution >= 0.6 is 0 Å². The molecule has 0 heterocycles. The third kappa shape index (κ3) is 3.22. The van der Waals surface area contributed by atoms with Crippen molar-refractivity contribution >= 4 is 5.69 Å². The molecule has 0 fully saturated rings. The first-order valence-electron chi connectivity index (χ1n) is 5.68. The molecule has 0 saturated carbocycles. The zero-order valence-corrected chi connectivity index (χ0v) is 10.0. The summed E-state index contributed by atoms with van der Waals surface area (Å²) in [5, 5.41) is 21.8. The standard InChI is InChI=1S/C13H21NO2/c1-3-13(2,10-16)9-14-12-7-5-4-6-11(12)8-15/h4-7,14-16H,3,8-10H2,1-2H3. The Morgan fingerprint density at radius 1 is 1.25 bits per heavy atom. The smallest absolute Gasteiger partial charge is 0.0701 e. The molecule has 1 aromatic carbocycles. The summed E-state index contributed by atoms with van der Waals surface area (Å²) in [7, 11) is 0. The first kappa shape index (κ1) is 13.0. The Kier molecular flexibility index (Phi) is 4.77. The topological polar surface area (TPSA) is 52.5 Å². The molecule has 1 unspecified atom stereocenters. The summed E-state index contributed by atoms with van der Waals surface area (Å²) in [6, 6.07) is 7.68. The van der Waals surface area contributed by atoms with Crippen LogP contribution < -0.4 is 5.32 Å². The molecule has 0 bridgehead atoms. The molecule has 0 amide bonds. The monoisotopic (exact) mass is 223 g/mol. The molecule has 0 spiro atoms. The van der Waals surface area contributed by atoms with Gasteiger partial charge in [-0.1, -0.05) is 32.0 Å². The van der Waals surface area contributed by atoms with E-state index >= 15 is 0 Å². The normalized spacial score (nSPS) is 14.5. The molecule has 0 aliphatic carbocycles. The molecule has 0 saturated heterocycles. The van der Waals surface area contributed by atoms with Gasteiger partial charge < -0.3 is 15.5 Å². The maximum absolute atomic E-state index is 9.30. The van der Waals surface area contributed by atoms with E-state index in [0.717, 1.165) is 17.7 Å². The fraction of sp³-hybridized carbons (Fsp3) is 0.538. The van der Waals surface area contributed by atoms with Crippen LogP contribution in [0.2, 0.25) is 0 Å². The first-order chi connectivity index (χ1) is 7.65. The number of aliphatic hydroxyl groups excluding tert-OH is 2. The van der Waals surface area contributed by atoms with E-state index in [-0.39, 0.29) is 18.6 Å². The minimum Gasteiger partial charge on any atom is -0.396 e. The van der Waals surface area contributed by atoms with Crippen LogP contribution in [-0.2, 0) is 6.61 Å². The Bertz CT molecular complexity index is 321. The van der Waals surface area contributed by atoms with E-state index in [1.165, 1.54) is 0 Å². The minimum atomic E-state index is -0.109. The number of benzene rings is 1. The van der Waals surface area contributed by atoms with E-state index in [1.54, 1.807) is 0 Å². The predicted molar refractivity (Wildman–Crippen MR) is 66.3 cm³/mol. The number of para-hydroxylation sites is 1. The summed E-state index contributed by atoms with van der Waals surface area (Å²) in [6.07, 6.45) is 0.914. The van der Waals surface area contributed by atoms with Gasteiger partial charge >= 0.3 is 0 Å². The lowest BCUT2D eigenvalue weighted by atomic mass is 9.88. The molecule has 1 atom stereocenters. The highest BCUT2D eigenvalue weighted by Gasteiger charge is 2.20. The maximum Gasteiger partial charge on any atom is 0.0701 e. The third-order valence-corrected chi connectivity index (χ3v) is 3.13. The molecule has 0 aliphatic heterocycles. The van der Waals surface area contributed by atoms with Crippen LogP contribution in [0.1, 0.15) is 25.8 Å². The fourth-order valence-corrected chi connectivity index (χ4v) is 1.43. The lowest BCUT2D eigenvalue weighted by Crippen LogP contribution is -2.29. The molecule has 1 rings (SSSR count). The van der Waals surface area contributed by atoms with Crippen molar-refractivity contribution in [2.24, 2.45) is 5.41 Å². The van der Waals surface area contributed by atoms with Crippen LogP contribution in [0.25, 0.3) is 0 Å². The van der Waals surface area contributed by atoms with Crippen molar-refractivity contribution in [1.82, 2.24) is 0 Å². The highest BCUT2D eigenvalue weighted by Crippen LogP contribution is 2.22. The number of anilines is 1. The minimum absolute atomic E-state index is 0.0329. The maximum atomic E-state index is 9.30. The van der Waals surface area contributed by atoms with Crippen molar-refractivity contribution in [2.75, 3.05) is 18.5 Å². The van der Waals surface area contributed by atoms with Crippen LogP contribution in [0.15, 0.2) is 24.3 Å². The molecular weight excluding hydrogens is 202 g/mol. The molecule has 3 nitrogen and oxygen atoms in total. The van der Waals surface area contributed by atoms with Crippen molar-refractivity contribution in [3.63, 3.8) is 0 Å². The van der Waals surface area contributed by atoms with Crippen molar-refractivity contribution in [1.29, 1.82) is 0 Å². The molecule has 3 heteroatoms. The van der Waals surface area contributed by atoms with Crippen molar-refractivity contribution in [3.05, 3.63) is 29.8 Å². The quantitative estimate of drug-likeness (QED) is 0.691. The Labute approximate surface area is 97.1 Å². The van der Waals surface area contributed by atoms with Crippen LogP contribution in [0, 0.1) is 5.41 Å². The Morgan fingerprint density at radius 3 is 2.50 bits per heavy atom. The fourth-order valence-electron chi connectivity index (χ4n) is 1.43. The van der Waals surface area contributed by atoms with Crippen LogP contribution in [-0.4, -0.2) is 23.4 Å². The average Bonchev–Trinajstić information content (AvgIpc) is 2.36. The second-order valence-corrected chi connectivity index (χ2v) is 4.49. The summed E-state index contributed by atoms with van der Waals surface area (Å²) in [5.74, 6) is 0. The molecule has 0 radical (unpaired) electrons. The molecule has 3 N–H and O–H groups in total. The van der Waals surface area contributed by atoms with Gasteiger partial charge in [-0.05, 0) is 12.5 Å². The van der Waals surface area contributed by atoms with Crippen LogP contribution in [0.3, 0.4) is 0 Å². The zero-order chi connectivity index (χ0) is 12.0. The van der Waals surface area contributed by atoms with Crippen LogP contribution in [0.5, 0.6) is 0 Å². The summed E-state index contributed by atoms with van der Waals surface area (Å²) in [6.45, 7) is 5.01. The molecule has 90 valence electrons. The van der Waals surface area contributed by atoms with Crippen molar-refractivity contribution in [2.45, 2.75) is 26.9 Å². The number of hydrogen-bond donors (Lipinski definition) is 3. The molecule has 16 heavy (non-hydrogen) atoms. The van der Waals surface area contributed by atoms with E-state index in [2.05, 4.69) is 12.2 Å². The molecule has 1 aromatic rings. The number of rotatable bonds is 6. The van der Waals surface area contributed by atoms with Gasteiger partial charge in [0.05, 0.1) is 13.2 Å². The summed E-state index contributed by atoms with van der Waals surface area (Å²) in [4.78, 5) is 0. The average molecular weight is 223 g/mol. The first-order valence-corrected chi connectivity index (χ1v) is 5.68. The zero-order valence-electron chi connectivity index (χ0n) is 10.0. The highest BCUT2D eigenvalue weighted by atomic mass is 16.3. The third-order valence-electron chi connectivity index (χ3n) is 3.13. The Balaban J connectivity index is 2.67. The predicted octanol–water partition coefficient (Wildman–Crippen LogP) is 2.00. The van der Waals surface area contributed by atoms with Crippen molar-refractivity contribution in [3.8, 4) is 0 Å². The second-order valence-electron chi connectivity index (χ2n) is 4.49. The summed E-state index contributed by atoms with van der Waals surface area (Å²) >= 11 is 0. The molecule has 0 aliphatic rings. The lowest BCUT2D eigenvalue weighted by Gasteiger charge is -2.26. The van der Waals surface area contributed by atoms with Crippen LogP contribution in [0.4, 0.5) is 5.69 Å². The van der Waals surface area contributed by atoms with E-state index in [9.17, 15) is 10.2 Å². The van der Waals surface area contributed by atoms with Gasteiger partial charge in [0, 0.05) is 23.2 Å². The van der Waals surface area contributed by atoms with Gasteiger partial charge in [0.15, 0.2) is 0 Å². The van der Waals surface area contributed by atoms with E-state index in [0.29, 0.717) is 6.54 Å². The van der Waals surface area contributed by atoms with Gasteiger partial charge in [-0.25, -0.2) is 0 Å². The van der Waals surface area contributed by atoms with E-state index < -0.39 is 0 Å². The van der Waals surface area contributed by atoms with Gasteiger partial charge in [0.2, 0.25) is 0 Å². The lowest BCUT2D eigenvalue weighted by molar-refractivity contribution is 0.149. The molecular formula is C13H21NO2.